The van der Waals surface area contributed by atoms with Crippen molar-refractivity contribution in [2.75, 3.05) is 4.43 Å². The van der Waals surface area contributed by atoms with Crippen molar-refractivity contribution in [2.45, 2.75) is 41.5 Å². The maximum absolute atomic E-state index is 2.57. The number of rotatable bonds is 5. The quantitative estimate of drug-likeness (QED) is 0.326. The fraction of sp³-hybridized carbons (Fsp3) is 0.750. The van der Waals surface area contributed by atoms with Crippen LogP contribution in [0.1, 0.15) is 33.6 Å². The first-order valence-corrected chi connectivity index (χ1v) is 11.2. The third kappa shape index (κ3) is 3.97. The Morgan fingerprint density at radius 3 is 2.61 bits per heavy atom. The van der Waals surface area contributed by atoms with E-state index in [1.165, 1.54) is 17.3 Å². The average molecular weight is 471 g/mol. The van der Waals surface area contributed by atoms with Crippen molar-refractivity contribution in [3.63, 3.8) is 0 Å². The number of allylic oxidation sites excluding steroid dienone is 4. The van der Waals surface area contributed by atoms with Gasteiger partial charge in [0.15, 0.2) is 0 Å². The molecule has 0 saturated heterocycles. The van der Waals surface area contributed by atoms with Gasteiger partial charge in [-0.05, 0) is 0 Å². The molecule has 0 spiro atoms. The molecule has 2 aliphatic carbocycles. The first kappa shape index (κ1) is 15.3. The Balaban J connectivity index is 1.77. The minimum absolute atomic E-state index is 0.352. The van der Waals surface area contributed by atoms with Crippen LogP contribution in [0.15, 0.2) is 24.3 Å². The van der Waals surface area contributed by atoms with Crippen LogP contribution in [0, 0.1) is 23.7 Å². The average Bonchev–Trinajstić information content (AvgIpc) is 2.94. The Morgan fingerprint density at radius 1 is 1.22 bits per heavy atom. The van der Waals surface area contributed by atoms with Crippen LogP contribution < -0.4 is 21.2 Å². The molecule has 0 nitrogen and oxygen atoms in total. The third-order valence-corrected chi connectivity index (χ3v) is 9.48. The molecule has 104 valence electrons. The summed E-state index contributed by atoms with van der Waals surface area (Å²) in [5, 5.41) is 0. The molecule has 2 aliphatic rings. The second-order valence-corrected chi connectivity index (χ2v) is 10.9. The van der Waals surface area contributed by atoms with Gasteiger partial charge in [-0.25, -0.2) is 0 Å². The third-order valence-electron chi connectivity index (χ3n) is 4.30. The molecule has 0 amide bonds. The van der Waals surface area contributed by atoms with E-state index < -0.39 is 0 Å². The van der Waals surface area contributed by atoms with Gasteiger partial charge in [0.1, 0.15) is 0 Å². The van der Waals surface area contributed by atoms with Gasteiger partial charge in [0.05, 0.1) is 0 Å². The van der Waals surface area contributed by atoms with Gasteiger partial charge in [-0.1, -0.05) is 0 Å². The van der Waals surface area contributed by atoms with Crippen LogP contribution in [0.4, 0.5) is 0 Å². The molecule has 0 saturated carbocycles. The zero-order valence-electron chi connectivity index (χ0n) is 11.7. The summed E-state index contributed by atoms with van der Waals surface area (Å²) in [4.78, 5) is 0. The standard InChI is InChI=1S/C16H25I2/c1-11(2)15-5-4-6-16(15)18-10-12(3)13-7-8-14(17)9-13/h4,6-8,11-16H,5,9-10H2,1-3H3/q-1. The summed E-state index contributed by atoms with van der Waals surface area (Å²) < 4.78 is 3.27. The van der Waals surface area contributed by atoms with Crippen LogP contribution in [0.5, 0.6) is 0 Å². The summed E-state index contributed by atoms with van der Waals surface area (Å²) in [5.74, 6) is 3.61. The van der Waals surface area contributed by atoms with Gasteiger partial charge >= 0.3 is 138 Å². The van der Waals surface area contributed by atoms with E-state index in [9.17, 15) is 0 Å². The Hall–Kier alpha value is 0.940. The van der Waals surface area contributed by atoms with E-state index in [2.05, 4.69) is 67.7 Å². The summed E-state index contributed by atoms with van der Waals surface area (Å²) in [5.41, 5.74) is 0. The number of halogens is 2. The van der Waals surface area contributed by atoms with Gasteiger partial charge in [-0.3, -0.25) is 0 Å². The summed E-state index contributed by atoms with van der Waals surface area (Å²) in [6.45, 7) is 7.28. The molecule has 2 rings (SSSR count). The van der Waals surface area contributed by atoms with Crippen LogP contribution in [-0.2, 0) is 0 Å². The Kier molecular flexibility index (Phi) is 6.04. The Labute approximate surface area is 136 Å². The Morgan fingerprint density at radius 2 is 2.00 bits per heavy atom. The second kappa shape index (κ2) is 7.09. The van der Waals surface area contributed by atoms with Crippen molar-refractivity contribution in [1.82, 2.24) is 0 Å². The SMILES string of the molecule is CC(C)C1CC=CC1[I-]CC(C)C1C=CC(I)C1. The molecular formula is C16H25I2-. The molecule has 2 heteroatoms. The summed E-state index contributed by atoms with van der Waals surface area (Å²) in [6.07, 6.45) is 12.6. The molecular weight excluding hydrogens is 446 g/mol. The summed E-state index contributed by atoms with van der Waals surface area (Å²) >= 11 is 2.92. The van der Waals surface area contributed by atoms with E-state index >= 15 is 0 Å². The van der Waals surface area contributed by atoms with Gasteiger partial charge in [-0.2, -0.15) is 0 Å². The van der Waals surface area contributed by atoms with Gasteiger partial charge in [0.2, 0.25) is 0 Å². The monoisotopic (exact) mass is 471 g/mol. The van der Waals surface area contributed by atoms with Crippen LogP contribution in [0.3, 0.4) is 0 Å². The van der Waals surface area contributed by atoms with Crippen molar-refractivity contribution < 1.29 is 21.2 Å². The van der Waals surface area contributed by atoms with Crippen molar-refractivity contribution >= 4 is 22.6 Å². The van der Waals surface area contributed by atoms with Crippen molar-refractivity contribution in [2.24, 2.45) is 23.7 Å². The van der Waals surface area contributed by atoms with Gasteiger partial charge in [0.25, 0.3) is 0 Å². The number of alkyl halides is 3. The topological polar surface area (TPSA) is 0 Å². The molecule has 18 heavy (non-hydrogen) atoms. The van der Waals surface area contributed by atoms with Crippen molar-refractivity contribution in [1.29, 1.82) is 0 Å². The second-order valence-electron chi connectivity index (χ2n) is 6.10. The van der Waals surface area contributed by atoms with Crippen molar-refractivity contribution in [3.8, 4) is 0 Å². The molecule has 0 aromatic heterocycles. The fourth-order valence-electron chi connectivity index (χ4n) is 2.90. The van der Waals surface area contributed by atoms with Crippen LogP contribution in [0.25, 0.3) is 0 Å². The predicted molar refractivity (Wildman–Crippen MR) is 85.0 cm³/mol. The first-order chi connectivity index (χ1) is 8.58. The van der Waals surface area contributed by atoms with Crippen LogP contribution in [0.2, 0.25) is 0 Å². The summed E-state index contributed by atoms with van der Waals surface area (Å²) in [6, 6.07) is 0. The van der Waals surface area contributed by atoms with E-state index in [1.807, 2.05) is 0 Å². The van der Waals surface area contributed by atoms with E-state index in [4.69, 9.17) is 0 Å². The fourth-order valence-corrected chi connectivity index (χ4v) is 8.14. The van der Waals surface area contributed by atoms with E-state index in [0.29, 0.717) is 21.2 Å². The van der Waals surface area contributed by atoms with Crippen molar-refractivity contribution in [3.05, 3.63) is 24.3 Å². The van der Waals surface area contributed by atoms with E-state index in [-0.39, 0.29) is 0 Å². The first-order valence-electron chi connectivity index (χ1n) is 7.14. The van der Waals surface area contributed by atoms with Gasteiger partial charge in [-0.15, -0.1) is 0 Å². The normalized spacial score (nSPS) is 36.9. The minimum atomic E-state index is 0.352. The maximum atomic E-state index is 2.57. The van der Waals surface area contributed by atoms with E-state index in [0.717, 1.165) is 31.5 Å². The number of hydrogen-bond donors (Lipinski definition) is 0. The molecule has 0 aromatic rings. The molecule has 0 heterocycles. The molecule has 0 radical (unpaired) electrons. The Bertz CT molecular complexity index is 319. The predicted octanol–water partition coefficient (Wildman–Crippen LogP) is 1.69. The molecule has 0 aromatic carbocycles. The van der Waals surface area contributed by atoms with Gasteiger partial charge in [0, 0.05) is 0 Å². The summed E-state index contributed by atoms with van der Waals surface area (Å²) in [7, 11) is 0. The molecule has 0 N–H and O–H groups in total. The van der Waals surface area contributed by atoms with Gasteiger partial charge < -0.3 is 0 Å². The molecule has 0 fully saturated rings. The molecule has 5 atom stereocenters. The van der Waals surface area contributed by atoms with Crippen LogP contribution in [-0.4, -0.2) is 12.3 Å². The number of hydrogen-bond acceptors (Lipinski definition) is 0. The molecule has 0 bridgehead atoms. The molecule has 0 aliphatic heterocycles. The zero-order chi connectivity index (χ0) is 13.1. The van der Waals surface area contributed by atoms with Crippen LogP contribution >= 0.6 is 22.6 Å². The zero-order valence-corrected chi connectivity index (χ0v) is 16.0. The van der Waals surface area contributed by atoms with E-state index in [1.54, 1.807) is 0 Å². The molecule has 5 unspecified atom stereocenters.